The van der Waals surface area contributed by atoms with Gasteiger partial charge >= 0.3 is 0 Å². The van der Waals surface area contributed by atoms with Crippen LogP contribution in [0.4, 0.5) is 5.69 Å². The number of amides is 2. The second-order valence-corrected chi connectivity index (χ2v) is 14.1. The maximum absolute atomic E-state index is 14.5. The minimum Gasteiger partial charge on any atom is -0.352 e. The predicted octanol–water partition coefficient (Wildman–Crippen LogP) is 7.66. The Morgan fingerprint density at radius 2 is 1.36 bits per heavy atom. The highest BCUT2D eigenvalue weighted by molar-refractivity contribution is 7.92. The van der Waals surface area contributed by atoms with E-state index in [2.05, 4.69) is 5.32 Å². The molecule has 45 heavy (non-hydrogen) atoms. The summed E-state index contributed by atoms with van der Waals surface area (Å²) in [6, 6.07) is 24.9. The van der Waals surface area contributed by atoms with Crippen molar-refractivity contribution in [1.29, 1.82) is 0 Å². The second-order valence-electron chi connectivity index (χ2n) is 10.6. The Balaban J connectivity index is 1.84. The van der Waals surface area contributed by atoms with Crippen molar-refractivity contribution in [3.63, 3.8) is 0 Å². The van der Waals surface area contributed by atoms with Gasteiger partial charge in [-0.15, -0.1) is 0 Å². The quantitative estimate of drug-likeness (QED) is 0.164. The van der Waals surface area contributed by atoms with Crippen LogP contribution in [0.1, 0.15) is 25.0 Å². The molecule has 236 valence electrons. The van der Waals surface area contributed by atoms with E-state index in [4.69, 9.17) is 46.4 Å². The normalized spacial score (nSPS) is 12.1. The fourth-order valence-corrected chi connectivity index (χ4v) is 6.96. The van der Waals surface area contributed by atoms with Gasteiger partial charge in [0.2, 0.25) is 11.8 Å². The molecule has 4 rings (SSSR count). The molecule has 0 saturated carbocycles. The molecule has 1 atom stereocenters. The van der Waals surface area contributed by atoms with Gasteiger partial charge in [0.1, 0.15) is 12.6 Å². The Bertz CT molecular complexity index is 1740. The van der Waals surface area contributed by atoms with Gasteiger partial charge in [-0.3, -0.25) is 13.9 Å². The molecular formula is C33H31Cl4N3O4S. The summed E-state index contributed by atoms with van der Waals surface area (Å²) in [5.74, 6) is -1.04. The number of carbonyl (C=O) groups is 2. The van der Waals surface area contributed by atoms with Crippen LogP contribution >= 0.6 is 46.4 Å². The van der Waals surface area contributed by atoms with Crippen molar-refractivity contribution in [3.8, 4) is 0 Å². The lowest BCUT2D eigenvalue weighted by molar-refractivity contribution is -0.140. The summed E-state index contributed by atoms with van der Waals surface area (Å²) in [6.45, 7) is 2.92. The Morgan fingerprint density at radius 1 is 0.756 bits per heavy atom. The van der Waals surface area contributed by atoms with Crippen LogP contribution in [0.3, 0.4) is 0 Å². The van der Waals surface area contributed by atoms with E-state index < -0.39 is 34.4 Å². The zero-order valence-corrected chi connectivity index (χ0v) is 28.3. The molecule has 0 aliphatic carbocycles. The Kier molecular flexibility index (Phi) is 11.8. The molecule has 0 bridgehead atoms. The third-order valence-electron chi connectivity index (χ3n) is 6.78. The van der Waals surface area contributed by atoms with Crippen molar-refractivity contribution in [2.75, 3.05) is 10.8 Å². The van der Waals surface area contributed by atoms with Gasteiger partial charge < -0.3 is 10.2 Å². The highest BCUT2D eigenvalue weighted by Crippen LogP contribution is 2.31. The summed E-state index contributed by atoms with van der Waals surface area (Å²) in [7, 11) is -4.30. The summed E-state index contributed by atoms with van der Waals surface area (Å²) in [5, 5.41) is 3.88. The molecule has 12 heteroatoms. The Hall–Kier alpha value is -3.27. The maximum Gasteiger partial charge on any atom is 0.264 e. The smallest absolute Gasteiger partial charge is 0.264 e. The lowest BCUT2D eigenvalue weighted by atomic mass is 10.0. The van der Waals surface area contributed by atoms with E-state index in [1.807, 2.05) is 44.2 Å². The minimum absolute atomic E-state index is 0.0386. The van der Waals surface area contributed by atoms with Gasteiger partial charge in [0.25, 0.3) is 10.0 Å². The number of hydrogen-bond acceptors (Lipinski definition) is 4. The summed E-state index contributed by atoms with van der Waals surface area (Å²) in [4.78, 5) is 29.6. The average molecular weight is 708 g/mol. The maximum atomic E-state index is 14.5. The molecule has 0 aliphatic heterocycles. The minimum atomic E-state index is -4.30. The zero-order valence-electron chi connectivity index (χ0n) is 24.5. The molecule has 0 aromatic heterocycles. The molecule has 0 radical (unpaired) electrons. The first-order chi connectivity index (χ1) is 21.3. The highest BCUT2D eigenvalue weighted by Gasteiger charge is 2.35. The Labute approximate surface area is 283 Å². The van der Waals surface area contributed by atoms with Gasteiger partial charge in [-0.25, -0.2) is 8.42 Å². The molecule has 4 aromatic rings. The van der Waals surface area contributed by atoms with Gasteiger partial charge in [-0.1, -0.05) is 101 Å². The van der Waals surface area contributed by atoms with Crippen molar-refractivity contribution in [2.24, 2.45) is 0 Å². The van der Waals surface area contributed by atoms with Crippen LogP contribution in [0, 0.1) is 0 Å². The second kappa shape index (κ2) is 15.3. The van der Waals surface area contributed by atoms with Crippen molar-refractivity contribution in [1.82, 2.24) is 10.2 Å². The van der Waals surface area contributed by atoms with Crippen molar-refractivity contribution in [3.05, 3.63) is 128 Å². The number of nitrogens with one attached hydrogen (secondary N) is 1. The van der Waals surface area contributed by atoms with E-state index in [0.717, 1.165) is 9.87 Å². The first-order valence-corrected chi connectivity index (χ1v) is 16.9. The number of sulfonamides is 1. The van der Waals surface area contributed by atoms with Crippen LogP contribution in [-0.2, 0) is 32.6 Å². The molecule has 0 heterocycles. The monoisotopic (exact) mass is 705 g/mol. The van der Waals surface area contributed by atoms with Crippen LogP contribution in [0.5, 0.6) is 0 Å². The standard InChI is InChI=1S/C33H31Cl4N3O4S/c1-22(2)38-33(42)31(16-23-9-5-3-6-10-23)39(20-24-13-14-29(36)30(37)15-24)32(41)21-40(27-18-25(34)17-26(35)19-27)45(43,44)28-11-7-4-8-12-28/h3-15,17-19,22,31H,16,20-21H2,1-2H3,(H,38,42)/t31-/m0/s1. The largest absolute Gasteiger partial charge is 0.352 e. The topological polar surface area (TPSA) is 86.8 Å². The van der Waals surface area contributed by atoms with Gasteiger partial charge in [0, 0.05) is 29.1 Å². The molecule has 4 aromatic carbocycles. The van der Waals surface area contributed by atoms with E-state index in [1.54, 1.807) is 36.4 Å². The average Bonchev–Trinajstić information content (AvgIpc) is 2.99. The fraction of sp³-hybridized carbons (Fsp3) is 0.212. The molecule has 0 saturated heterocycles. The molecule has 0 unspecified atom stereocenters. The highest BCUT2D eigenvalue weighted by atomic mass is 35.5. The number of nitrogens with zero attached hydrogens (tertiary/aromatic N) is 2. The van der Waals surface area contributed by atoms with Crippen LogP contribution in [-0.4, -0.2) is 43.8 Å². The van der Waals surface area contributed by atoms with Gasteiger partial charge in [0.15, 0.2) is 0 Å². The molecule has 1 N–H and O–H groups in total. The number of benzene rings is 4. The van der Waals surface area contributed by atoms with Crippen molar-refractivity contribution >= 4 is 73.9 Å². The Morgan fingerprint density at radius 3 is 1.93 bits per heavy atom. The number of carbonyl (C=O) groups excluding carboxylic acids is 2. The summed E-state index contributed by atoms with van der Waals surface area (Å²) in [6.07, 6.45) is 0.168. The third-order valence-corrected chi connectivity index (χ3v) is 9.75. The van der Waals surface area contributed by atoms with Crippen molar-refractivity contribution in [2.45, 2.75) is 43.8 Å². The van der Waals surface area contributed by atoms with E-state index in [9.17, 15) is 18.0 Å². The van der Waals surface area contributed by atoms with E-state index >= 15 is 0 Å². The summed E-state index contributed by atoms with van der Waals surface area (Å²) in [5.41, 5.74) is 1.49. The van der Waals surface area contributed by atoms with Crippen molar-refractivity contribution < 1.29 is 18.0 Å². The van der Waals surface area contributed by atoms with Crippen LogP contribution in [0.15, 0.2) is 102 Å². The lowest BCUT2D eigenvalue weighted by Crippen LogP contribution is -2.54. The fourth-order valence-electron chi connectivity index (χ4n) is 4.70. The van der Waals surface area contributed by atoms with Crippen LogP contribution < -0.4 is 9.62 Å². The van der Waals surface area contributed by atoms with E-state index in [1.165, 1.54) is 35.2 Å². The van der Waals surface area contributed by atoms with Gasteiger partial charge in [0.05, 0.1) is 20.6 Å². The number of anilines is 1. The number of rotatable bonds is 12. The van der Waals surface area contributed by atoms with Gasteiger partial charge in [-0.2, -0.15) is 0 Å². The number of hydrogen-bond donors (Lipinski definition) is 1. The third kappa shape index (κ3) is 9.15. The molecule has 0 fully saturated rings. The molecule has 7 nitrogen and oxygen atoms in total. The van der Waals surface area contributed by atoms with E-state index in [-0.39, 0.29) is 44.7 Å². The number of halogens is 4. The lowest BCUT2D eigenvalue weighted by Gasteiger charge is -2.34. The SMILES string of the molecule is CC(C)NC(=O)[C@H](Cc1ccccc1)N(Cc1ccc(Cl)c(Cl)c1)C(=O)CN(c1cc(Cl)cc(Cl)c1)S(=O)(=O)c1ccccc1. The predicted molar refractivity (Wildman–Crippen MR) is 182 cm³/mol. The molecule has 0 spiro atoms. The van der Waals surface area contributed by atoms with Crippen LogP contribution in [0.2, 0.25) is 20.1 Å². The molecule has 2 amide bonds. The van der Waals surface area contributed by atoms with E-state index in [0.29, 0.717) is 10.6 Å². The first kappa shape index (κ1) is 34.6. The molecular weight excluding hydrogens is 676 g/mol. The zero-order chi connectivity index (χ0) is 32.7. The summed E-state index contributed by atoms with van der Waals surface area (Å²) >= 11 is 25.0. The summed E-state index contributed by atoms with van der Waals surface area (Å²) < 4.78 is 29.1. The van der Waals surface area contributed by atoms with Gasteiger partial charge in [-0.05, 0) is 67.4 Å². The molecule has 0 aliphatic rings. The van der Waals surface area contributed by atoms with Crippen LogP contribution in [0.25, 0.3) is 0 Å². The first-order valence-electron chi connectivity index (χ1n) is 14.0.